The quantitative estimate of drug-likeness (QED) is 0.175. The van der Waals surface area contributed by atoms with Gasteiger partial charge < -0.3 is 13.7 Å². The van der Waals surface area contributed by atoms with Gasteiger partial charge in [-0.25, -0.2) is 0 Å². The molecule has 0 amide bonds. The molecule has 6 heteroatoms. The molecule has 0 N–H and O–H groups in total. The molecule has 0 bridgehead atoms. The highest BCUT2D eigenvalue weighted by Crippen LogP contribution is 2.48. The van der Waals surface area contributed by atoms with Crippen molar-refractivity contribution in [2.75, 3.05) is 0 Å². The summed E-state index contributed by atoms with van der Waals surface area (Å²) in [7, 11) is 0. The van der Waals surface area contributed by atoms with Crippen molar-refractivity contribution in [1.29, 1.82) is 5.26 Å². The van der Waals surface area contributed by atoms with Crippen LogP contribution in [0.4, 0.5) is 0 Å². The molecule has 0 fully saturated rings. The fraction of sp³-hybridized carbons (Fsp3) is 0. The first-order valence-electron chi connectivity index (χ1n) is 20.5. The van der Waals surface area contributed by atoms with Gasteiger partial charge in [0.25, 0.3) is 0 Å². The lowest BCUT2D eigenvalue weighted by Crippen LogP contribution is -2.10. The molecule has 5 aromatic heterocycles. The van der Waals surface area contributed by atoms with Gasteiger partial charge in [0.2, 0.25) is 0 Å². The van der Waals surface area contributed by atoms with Crippen LogP contribution in [-0.2, 0) is 0 Å². The summed E-state index contributed by atoms with van der Waals surface area (Å²) in [6.07, 6.45) is 0. The van der Waals surface area contributed by atoms with E-state index in [-0.39, 0.29) is 0 Å². The van der Waals surface area contributed by atoms with E-state index in [1.165, 1.54) is 72.7 Å². The summed E-state index contributed by atoms with van der Waals surface area (Å²) in [5.41, 5.74) is 10.1. The number of hydrogen-bond acceptors (Lipinski definition) is 3. The van der Waals surface area contributed by atoms with E-state index in [2.05, 4.69) is 202 Å². The van der Waals surface area contributed by atoms with Gasteiger partial charge >= 0.3 is 0 Å². The average Bonchev–Trinajstić information content (AvgIpc) is 4.12. The zero-order valence-electron chi connectivity index (χ0n) is 32.4. The van der Waals surface area contributed by atoms with Crippen molar-refractivity contribution in [2.45, 2.75) is 0 Å². The molecular formula is C55H30N4S2. The third kappa shape index (κ3) is 4.36. The normalized spacial score (nSPS) is 12.2. The average molecular weight is 811 g/mol. The van der Waals surface area contributed by atoms with Crippen molar-refractivity contribution < 1.29 is 0 Å². The van der Waals surface area contributed by atoms with E-state index >= 15 is 0 Å². The molecule has 0 radical (unpaired) electrons. The predicted molar refractivity (Wildman–Crippen MR) is 260 cm³/mol. The number of fused-ring (bicyclic) bond motifs is 17. The molecule has 14 rings (SSSR count). The third-order valence-electron chi connectivity index (χ3n) is 12.8. The van der Waals surface area contributed by atoms with E-state index in [1.54, 1.807) is 0 Å². The first-order chi connectivity index (χ1) is 30.2. The van der Waals surface area contributed by atoms with Gasteiger partial charge in [0.1, 0.15) is 0 Å². The maximum absolute atomic E-state index is 11.1. The van der Waals surface area contributed by atoms with Gasteiger partial charge in [-0.05, 0) is 60.7 Å². The highest BCUT2D eigenvalue weighted by Gasteiger charge is 2.27. The van der Waals surface area contributed by atoms with Crippen LogP contribution in [0.1, 0.15) is 5.56 Å². The highest BCUT2D eigenvalue weighted by atomic mass is 32.1. The fourth-order valence-electron chi connectivity index (χ4n) is 10.4. The predicted octanol–water partition coefficient (Wildman–Crippen LogP) is 15.6. The van der Waals surface area contributed by atoms with Gasteiger partial charge in [-0.15, -0.1) is 22.7 Å². The molecule has 0 atom stereocenters. The Hall–Kier alpha value is -7.69. The zero-order chi connectivity index (χ0) is 39.9. The molecule has 0 aliphatic carbocycles. The van der Waals surface area contributed by atoms with Gasteiger partial charge in [0, 0.05) is 72.7 Å². The van der Waals surface area contributed by atoms with Crippen molar-refractivity contribution in [3.05, 3.63) is 188 Å². The Bertz CT molecular complexity index is 3990. The Balaban J connectivity index is 1.22. The lowest BCUT2D eigenvalue weighted by Gasteiger charge is -2.22. The lowest BCUT2D eigenvalue weighted by atomic mass is 10.1. The first kappa shape index (κ1) is 33.2. The standard InChI is InChI=1S/C55H30N4S2/c56-31-32-29-47(57-43-21-9-3-17-39(43)51-45(57)27-25-37-35-15-5-11-23-49(35)60-54(37)51)53(59-41-19-7-1-13-33(41)34-14-2-8-20-42(34)59)48(30-32)58-44-22-10-4-18-40(44)52-46(58)28-26-38-36-16-6-12-24-50(36)61-55(38)52/h1-30H. The molecule has 0 aliphatic rings. The Morgan fingerprint density at radius 3 is 1.16 bits per heavy atom. The highest BCUT2D eigenvalue weighted by molar-refractivity contribution is 7.27. The van der Waals surface area contributed by atoms with Crippen molar-refractivity contribution in [3.8, 4) is 23.1 Å². The van der Waals surface area contributed by atoms with Crippen molar-refractivity contribution >= 4 is 128 Å². The van der Waals surface area contributed by atoms with Crippen LogP contribution in [0, 0.1) is 11.3 Å². The zero-order valence-corrected chi connectivity index (χ0v) is 34.1. The molecule has 0 aliphatic heterocycles. The molecular weight excluding hydrogens is 781 g/mol. The van der Waals surface area contributed by atoms with Crippen LogP contribution in [-0.4, -0.2) is 13.7 Å². The molecule has 61 heavy (non-hydrogen) atoms. The summed E-state index contributed by atoms with van der Waals surface area (Å²) in [4.78, 5) is 0. The van der Waals surface area contributed by atoms with Gasteiger partial charge in [-0.1, -0.05) is 121 Å². The minimum Gasteiger partial charge on any atom is -0.307 e. The Kier molecular flexibility index (Phi) is 6.63. The van der Waals surface area contributed by atoms with Crippen LogP contribution in [0.3, 0.4) is 0 Å². The molecule has 4 nitrogen and oxygen atoms in total. The second-order valence-electron chi connectivity index (χ2n) is 15.9. The van der Waals surface area contributed by atoms with Gasteiger partial charge in [0.05, 0.1) is 61.8 Å². The van der Waals surface area contributed by atoms with Crippen LogP contribution in [0.5, 0.6) is 0 Å². The smallest absolute Gasteiger partial charge is 0.0993 e. The van der Waals surface area contributed by atoms with Crippen LogP contribution in [0.2, 0.25) is 0 Å². The van der Waals surface area contributed by atoms with Crippen LogP contribution >= 0.6 is 22.7 Å². The Morgan fingerprint density at radius 1 is 0.344 bits per heavy atom. The third-order valence-corrected chi connectivity index (χ3v) is 15.3. The van der Waals surface area contributed by atoms with E-state index in [0.29, 0.717) is 5.56 Å². The van der Waals surface area contributed by atoms with Gasteiger partial charge in [-0.2, -0.15) is 5.26 Å². The first-order valence-corrected chi connectivity index (χ1v) is 22.1. The number of hydrogen-bond donors (Lipinski definition) is 0. The molecule has 0 unspecified atom stereocenters. The SMILES string of the molecule is N#Cc1cc(-n2c3ccccc3c3c4sc5ccccc5c4ccc32)c(-n2c3ccccc3c3ccccc32)c(-n2c3ccccc3c3c4sc5ccccc5c4ccc32)c1. The van der Waals surface area contributed by atoms with E-state index in [9.17, 15) is 5.26 Å². The summed E-state index contributed by atoms with van der Waals surface area (Å²) in [6.45, 7) is 0. The fourth-order valence-corrected chi connectivity index (χ4v) is 12.9. The van der Waals surface area contributed by atoms with E-state index in [1.807, 2.05) is 22.7 Å². The van der Waals surface area contributed by atoms with Gasteiger partial charge in [0.15, 0.2) is 0 Å². The maximum atomic E-state index is 11.1. The molecule has 0 saturated carbocycles. The largest absolute Gasteiger partial charge is 0.307 e. The summed E-state index contributed by atoms with van der Waals surface area (Å²) in [5.74, 6) is 0. The van der Waals surface area contributed by atoms with Crippen LogP contribution in [0.15, 0.2) is 182 Å². The molecule has 0 spiro atoms. The monoisotopic (exact) mass is 810 g/mol. The minimum atomic E-state index is 0.595. The maximum Gasteiger partial charge on any atom is 0.0993 e. The summed E-state index contributed by atoms with van der Waals surface area (Å²) < 4.78 is 12.4. The van der Waals surface area contributed by atoms with E-state index in [0.717, 1.165) is 50.2 Å². The van der Waals surface area contributed by atoms with Crippen LogP contribution in [0.25, 0.3) is 123 Å². The number of aromatic nitrogens is 3. The topological polar surface area (TPSA) is 38.6 Å². The number of rotatable bonds is 3. The number of benzene rings is 9. The summed E-state index contributed by atoms with van der Waals surface area (Å²) >= 11 is 3.72. The molecule has 9 aromatic carbocycles. The van der Waals surface area contributed by atoms with Crippen molar-refractivity contribution in [1.82, 2.24) is 13.7 Å². The summed E-state index contributed by atoms with van der Waals surface area (Å²) in [6, 6.07) is 68.5. The number of thiophene rings is 2. The minimum absolute atomic E-state index is 0.595. The molecule has 14 aromatic rings. The Morgan fingerprint density at radius 2 is 0.721 bits per heavy atom. The number of nitrogens with zero attached hydrogens (tertiary/aromatic N) is 4. The molecule has 5 heterocycles. The molecule has 0 saturated heterocycles. The summed E-state index contributed by atoms with van der Waals surface area (Å²) in [5, 5.41) is 23.4. The Labute approximate surface area is 356 Å². The second-order valence-corrected chi connectivity index (χ2v) is 18.0. The van der Waals surface area contributed by atoms with E-state index in [4.69, 9.17) is 0 Å². The van der Waals surface area contributed by atoms with Crippen molar-refractivity contribution in [3.63, 3.8) is 0 Å². The van der Waals surface area contributed by atoms with Gasteiger partial charge in [-0.3, -0.25) is 0 Å². The second kappa shape index (κ2) is 12.2. The molecule has 282 valence electrons. The number of para-hydroxylation sites is 4. The van der Waals surface area contributed by atoms with Crippen LogP contribution < -0.4 is 0 Å². The number of nitriles is 1. The van der Waals surface area contributed by atoms with Crippen molar-refractivity contribution in [2.24, 2.45) is 0 Å². The lowest BCUT2D eigenvalue weighted by molar-refractivity contribution is 1.05. The van der Waals surface area contributed by atoms with E-state index < -0.39 is 0 Å².